The van der Waals surface area contributed by atoms with Crippen LogP contribution in [0, 0.1) is 17.8 Å². The first-order chi connectivity index (χ1) is 16.5. The van der Waals surface area contributed by atoms with Crippen LogP contribution in [0.3, 0.4) is 0 Å². The molecule has 0 radical (unpaired) electrons. The molecular weight excluding hydrogens is 442 g/mol. The molecule has 3 N–H and O–H groups in total. The van der Waals surface area contributed by atoms with Crippen LogP contribution in [0.15, 0.2) is 23.3 Å². The van der Waals surface area contributed by atoms with Gasteiger partial charge in [-0.2, -0.15) is 0 Å². The van der Waals surface area contributed by atoms with Gasteiger partial charge in [-0.25, -0.2) is 0 Å². The average Bonchev–Trinajstić information content (AvgIpc) is 2.83. The number of nitrogens with one attached hydrogen (secondary N) is 1. The Morgan fingerprint density at radius 1 is 0.943 bits per heavy atom. The highest BCUT2D eigenvalue weighted by Crippen LogP contribution is 2.28. The second-order valence-electron chi connectivity index (χ2n) is 9.83. The molecule has 0 rings (SSSR count). The van der Waals surface area contributed by atoms with E-state index in [2.05, 4.69) is 38.2 Å². The summed E-state index contributed by atoms with van der Waals surface area (Å²) in [6, 6.07) is 0. The van der Waals surface area contributed by atoms with Gasteiger partial charge in [0.2, 0.25) is 5.91 Å². The molecule has 6 nitrogen and oxygen atoms in total. The van der Waals surface area contributed by atoms with Gasteiger partial charge in [-0.1, -0.05) is 57.9 Å². The quantitative estimate of drug-likeness (QED) is 0.167. The van der Waals surface area contributed by atoms with Gasteiger partial charge in [0.1, 0.15) is 11.6 Å². The average molecular weight is 494 g/mol. The molecule has 0 aromatic rings. The van der Waals surface area contributed by atoms with Gasteiger partial charge >= 0.3 is 0 Å². The summed E-state index contributed by atoms with van der Waals surface area (Å²) < 4.78 is 0. The van der Waals surface area contributed by atoms with Crippen LogP contribution in [-0.2, 0) is 14.4 Å². The van der Waals surface area contributed by atoms with Crippen molar-refractivity contribution in [1.82, 2.24) is 5.32 Å². The van der Waals surface area contributed by atoms with Crippen molar-refractivity contribution in [2.75, 3.05) is 6.54 Å². The molecule has 0 fully saturated rings. The topological polar surface area (TPSA) is 104 Å². The Morgan fingerprint density at radius 2 is 1.57 bits per heavy atom. The number of Topliss-reactive ketones (excluding diaryl/α,β-unsaturated/α-hetero) is 2. The number of amides is 1. The highest BCUT2D eigenvalue weighted by atomic mass is 16.3. The number of rotatable bonds is 19. The van der Waals surface area contributed by atoms with Gasteiger partial charge in [0.05, 0.1) is 12.2 Å². The SMILES string of the molecule is CC=C(CC)CCC=C(CC)CC(C)C(O)C(CC)C(=O)C(C)C(O)CC(=O)CCCNC(C)=O. The smallest absolute Gasteiger partial charge is 0.216 e. The van der Waals surface area contributed by atoms with E-state index in [1.54, 1.807) is 6.92 Å². The van der Waals surface area contributed by atoms with Crippen LogP contribution in [0.25, 0.3) is 0 Å². The third kappa shape index (κ3) is 13.2. The van der Waals surface area contributed by atoms with Crippen LogP contribution in [0.4, 0.5) is 0 Å². The molecule has 0 aliphatic carbocycles. The predicted molar refractivity (Wildman–Crippen MR) is 143 cm³/mol. The third-order valence-electron chi connectivity index (χ3n) is 7.07. The van der Waals surface area contributed by atoms with E-state index in [-0.39, 0.29) is 36.2 Å². The van der Waals surface area contributed by atoms with Gasteiger partial charge in [-0.15, -0.1) is 0 Å². The molecule has 5 atom stereocenters. The molecule has 0 aromatic carbocycles. The molecule has 0 saturated carbocycles. The maximum absolute atomic E-state index is 13.1. The van der Waals surface area contributed by atoms with Gasteiger partial charge in [0.25, 0.3) is 0 Å². The fourth-order valence-electron chi connectivity index (χ4n) is 4.49. The van der Waals surface area contributed by atoms with Crippen molar-refractivity contribution in [3.63, 3.8) is 0 Å². The number of allylic oxidation sites excluding steroid dienone is 4. The molecule has 0 aromatic heterocycles. The number of carbonyl (C=O) groups excluding carboxylic acids is 3. The molecule has 0 aliphatic heterocycles. The van der Waals surface area contributed by atoms with Gasteiger partial charge in [-0.05, 0) is 57.8 Å². The van der Waals surface area contributed by atoms with E-state index in [1.165, 1.54) is 18.1 Å². The summed E-state index contributed by atoms with van der Waals surface area (Å²) in [5.41, 5.74) is 2.74. The second-order valence-corrected chi connectivity index (χ2v) is 9.83. The van der Waals surface area contributed by atoms with Crippen molar-refractivity contribution in [3.05, 3.63) is 23.3 Å². The summed E-state index contributed by atoms with van der Waals surface area (Å²) in [6.07, 6.45) is 8.47. The number of hydrogen-bond donors (Lipinski definition) is 3. The van der Waals surface area contributed by atoms with E-state index < -0.39 is 24.0 Å². The lowest BCUT2D eigenvalue weighted by Crippen LogP contribution is -2.39. The Hall–Kier alpha value is -1.79. The summed E-state index contributed by atoms with van der Waals surface area (Å²) in [5.74, 6) is -1.84. The molecule has 0 saturated heterocycles. The fraction of sp³-hybridized carbons (Fsp3) is 0.759. The summed E-state index contributed by atoms with van der Waals surface area (Å²) in [4.78, 5) is 36.2. The first-order valence-corrected chi connectivity index (χ1v) is 13.5. The number of hydrogen-bond acceptors (Lipinski definition) is 5. The normalized spacial score (nSPS) is 16.8. The minimum absolute atomic E-state index is 0.0813. The Bertz CT molecular complexity index is 712. The van der Waals surface area contributed by atoms with Crippen LogP contribution in [-0.4, -0.2) is 46.4 Å². The van der Waals surface area contributed by atoms with Crippen LogP contribution < -0.4 is 5.32 Å². The summed E-state index contributed by atoms with van der Waals surface area (Å²) >= 11 is 0. The number of carbonyl (C=O) groups is 3. The molecule has 5 unspecified atom stereocenters. The van der Waals surface area contributed by atoms with E-state index in [0.717, 1.165) is 32.1 Å². The van der Waals surface area contributed by atoms with E-state index >= 15 is 0 Å². The largest absolute Gasteiger partial charge is 0.392 e. The number of ketones is 2. The Balaban J connectivity index is 4.94. The van der Waals surface area contributed by atoms with E-state index in [0.29, 0.717) is 19.4 Å². The van der Waals surface area contributed by atoms with Gasteiger partial charge in [0.15, 0.2) is 0 Å². The summed E-state index contributed by atoms with van der Waals surface area (Å²) in [5, 5.41) is 24.2. The Labute approximate surface area is 213 Å². The fourth-order valence-corrected chi connectivity index (χ4v) is 4.49. The predicted octanol–water partition coefficient (Wildman–Crippen LogP) is 5.31. The lowest BCUT2D eigenvalue weighted by Gasteiger charge is -2.30. The minimum atomic E-state index is -1.07. The molecule has 202 valence electrons. The third-order valence-corrected chi connectivity index (χ3v) is 7.07. The minimum Gasteiger partial charge on any atom is -0.392 e. The number of aliphatic hydroxyl groups is 2. The number of aliphatic hydroxyl groups excluding tert-OH is 2. The molecule has 0 spiro atoms. The lowest BCUT2D eigenvalue weighted by molar-refractivity contribution is -0.135. The van der Waals surface area contributed by atoms with E-state index in [1.807, 2.05) is 13.8 Å². The van der Waals surface area contributed by atoms with E-state index in [9.17, 15) is 24.6 Å². The monoisotopic (exact) mass is 493 g/mol. The molecule has 0 aliphatic rings. The summed E-state index contributed by atoms with van der Waals surface area (Å²) in [6.45, 7) is 13.7. The van der Waals surface area contributed by atoms with Crippen molar-refractivity contribution in [2.24, 2.45) is 17.8 Å². The highest BCUT2D eigenvalue weighted by molar-refractivity contribution is 5.85. The maximum Gasteiger partial charge on any atom is 0.216 e. The van der Waals surface area contributed by atoms with Crippen molar-refractivity contribution in [3.8, 4) is 0 Å². The second kappa shape index (κ2) is 18.5. The molecule has 35 heavy (non-hydrogen) atoms. The van der Waals surface area contributed by atoms with Crippen molar-refractivity contribution < 1.29 is 24.6 Å². The molecule has 0 heterocycles. The first kappa shape index (κ1) is 33.2. The van der Waals surface area contributed by atoms with Gasteiger partial charge in [0, 0.05) is 38.1 Å². The standard InChI is InChI=1S/C29H51NO5/c1-8-23(9-2)14-12-15-24(10-3)18-20(5)28(34)26(11-4)29(35)21(6)27(33)19-25(32)16-13-17-30-22(7)31/h8,15,20-21,26-28,33-34H,9-14,16-19H2,1-7H3,(H,30,31). The van der Waals surface area contributed by atoms with Gasteiger partial charge < -0.3 is 15.5 Å². The zero-order chi connectivity index (χ0) is 27.0. The van der Waals surface area contributed by atoms with Crippen LogP contribution in [0.1, 0.15) is 106 Å². The Morgan fingerprint density at radius 3 is 2.09 bits per heavy atom. The van der Waals surface area contributed by atoms with Crippen molar-refractivity contribution in [1.29, 1.82) is 0 Å². The molecule has 0 bridgehead atoms. The summed E-state index contributed by atoms with van der Waals surface area (Å²) in [7, 11) is 0. The zero-order valence-electron chi connectivity index (χ0n) is 23.2. The van der Waals surface area contributed by atoms with Crippen molar-refractivity contribution in [2.45, 2.75) is 118 Å². The van der Waals surface area contributed by atoms with Crippen LogP contribution in [0.5, 0.6) is 0 Å². The lowest BCUT2D eigenvalue weighted by atomic mass is 9.78. The zero-order valence-corrected chi connectivity index (χ0v) is 23.2. The van der Waals surface area contributed by atoms with E-state index in [4.69, 9.17) is 0 Å². The van der Waals surface area contributed by atoms with Crippen LogP contribution in [0.2, 0.25) is 0 Å². The first-order valence-electron chi connectivity index (χ1n) is 13.5. The maximum atomic E-state index is 13.1. The molecule has 6 heteroatoms. The highest BCUT2D eigenvalue weighted by Gasteiger charge is 2.35. The van der Waals surface area contributed by atoms with Crippen molar-refractivity contribution >= 4 is 17.5 Å². The molecule has 1 amide bonds. The van der Waals surface area contributed by atoms with Crippen LogP contribution >= 0.6 is 0 Å². The Kier molecular flexibility index (Phi) is 17.5. The molecular formula is C29H51NO5. The van der Waals surface area contributed by atoms with Gasteiger partial charge in [-0.3, -0.25) is 14.4 Å².